The van der Waals surface area contributed by atoms with Crippen molar-refractivity contribution in [3.63, 3.8) is 0 Å². The number of cyclic esters (lactones) is 1. The molecule has 3 aliphatic rings. The average molecular weight is 1060 g/mol. The van der Waals surface area contributed by atoms with Crippen LogP contribution in [0.3, 0.4) is 0 Å². The quantitative estimate of drug-likeness (QED) is 0.110. The molecule has 13 atom stereocenters. The van der Waals surface area contributed by atoms with Crippen molar-refractivity contribution in [2.24, 2.45) is 17.8 Å². The summed E-state index contributed by atoms with van der Waals surface area (Å²) in [5.41, 5.74) is -1.28. The molecule has 2 aromatic rings. The molecule has 23 heteroatoms. The van der Waals surface area contributed by atoms with Crippen molar-refractivity contribution in [3.8, 4) is 5.75 Å². The van der Waals surface area contributed by atoms with Crippen molar-refractivity contribution in [1.82, 2.24) is 36.8 Å². The number of aliphatic hydroxyl groups excluding tert-OH is 2. The number of esters is 2. The zero-order valence-corrected chi connectivity index (χ0v) is 43.7. The summed E-state index contributed by atoms with van der Waals surface area (Å²) in [5.74, 6) is -11.8. The van der Waals surface area contributed by atoms with Gasteiger partial charge in [0.2, 0.25) is 41.4 Å². The van der Waals surface area contributed by atoms with Gasteiger partial charge in [-0.05, 0) is 61.9 Å². The smallest absolute Gasteiger partial charge is 0.332 e. The first-order valence-corrected chi connectivity index (χ1v) is 24.9. The molecular formula is C51H70ClN7O15. The maximum atomic E-state index is 15.2. The average Bonchev–Trinajstić information content (AvgIpc) is 3.37. The maximum absolute atomic E-state index is 15.2. The molecule has 1 fully saturated rings. The van der Waals surface area contributed by atoms with Gasteiger partial charge >= 0.3 is 11.9 Å². The number of nitrogens with zero attached hydrogens (tertiary/aromatic N) is 1. The van der Waals surface area contributed by atoms with Gasteiger partial charge in [-0.2, -0.15) is 0 Å². The monoisotopic (exact) mass is 1060 g/mol. The van der Waals surface area contributed by atoms with E-state index in [1.165, 1.54) is 52.1 Å². The zero-order valence-electron chi connectivity index (χ0n) is 43.0. The van der Waals surface area contributed by atoms with Gasteiger partial charge in [0, 0.05) is 19.5 Å². The molecule has 2 aromatic carbocycles. The second kappa shape index (κ2) is 27.1. The summed E-state index contributed by atoms with van der Waals surface area (Å²) in [6.45, 7) is 10.2. The maximum Gasteiger partial charge on any atom is 0.332 e. The number of halogens is 1. The Bertz CT molecular complexity index is 2360. The second-order valence-electron chi connectivity index (χ2n) is 19.1. The molecule has 74 heavy (non-hydrogen) atoms. The number of amides is 7. The molecule has 406 valence electrons. The number of rotatable bonds is 10. The first kappa shape index (κ1) is 59.9. The van der Waals surface area contributed by atoms with Crippen LogP contribution >= 0.6 is 11.6 Å². The van der Waals surface area contributed by atoms with Crippen molar-refractivity contribution in [1.29, 1.82) is 0 Å². The third-order valence-corrected chi connectivity index (χ3v) is 13.6. The summed E-state index contributed by atoms with van der Waals surface area (Å²) in [5, 5.41) is 48.3. The summed E-state index contributed by atoms with van der Waals surface area (Å²) in [6.07, 6.45) is -3.61. The summed E-state index contributed by atoms with van der Waals surface area (Å²) in [4.78, 5) is 128. The van der Waals surface area contributed by atoms with Crippen LogP contribution < -0.4 is 36.6 Å². The number of fused-ring (bicyclic) bond motifs is 11. The van der Waals surface area contributed by atoms with Gasteiger partial charge in [0.25, 0.3) is 0 Å². The number of aliphatic hydroxyl groups is 3. The highest BCUT2D eigenvalue weighted by Crippen LogP contribution is 2.26. The van der Waals surface area contributed by atoms with Crippen molar-refractivity contribution in [2.75, 3.05) is 26.1 Å². The van der Waals surface area contributed by atoms with Crippen LogP contribution in [0.15, 0.2) is 66.7 Å². The van der Waals surface area contributed by atoms with Gasteiger partial charge in [-0.15, -0.1) is 11.6 Å². The van der Waals surface area contributed by atoms with Crippen LogP contribution in [0.1, 0.15) is 79.0 Å². The molecule has 1 unspecified atom stereocenters. The molecule has 0 aromatic heterocycles. The molecule has 4 bridgehead atoms. The number of likely N-dealkylation sites (N-methyl/N-ethyl adjacent to an activating group) is 1. The number of alkyl halides is 1. The Morgan fingerprint density at radius 3 is 2.05 bits per heavy atom. The highest BCUT2D eigenvalue weighted by atomic mass is 35.5. The van der Waals surface area contributed by atoms with Gasteiger partial charge in [-0.3, -0.25) is 38.4 Å². The Morgan fingerprint density at radius 1 is 0.838 bits per heavy atom. The van der Waals surface area contributed by atoms with E-state index in [0.29, 0.717) is 5.56 Å². The minimum Gasteiger partial charge on any atom is -0.487 e. The van der Waals surface area contributed by atoms with Crippen molar-refractivity contribution in [3.05, 3.63) is 77.9 Å². The Labute approximate surface area is 435 Å². The molecule has 0 aliphatic carbocycles. The molecule has 0 saturated carbocycles. The van der Waals surface area contributed by atoms with Crippen LogP contribution in [-0.2, 0) is 59.0 Å². The number of carbonyl (C=O) groups is 9. The standard InChI is InChI=1S/C51H70ClN7O15/c1-10-27(4)39-46(66)58-42-33-16-18-34(19-17-33)74-31(8)51(71,25-52)21-20-37(61)53-23-38(62)72-24-35(50(70)73-30(7)41(48(68)55-39)57-44(64)28(5)43(63)26(2)3)54-47(67)40(29(6)60)56-45(65)36(59(9)49(42)69)22-32-14-12-11-13-15-32/h11-21,26-31,35-36,39-43,60,63,71H,10,22-25H2,1-9H3,(H,53,61)(H,54,67)(H,55,68)(H,56,65)(H,57,64)(H,58,66)/b21-20+/t27-,28-,29-,30-,31-,35?,36+,39-,40-,41+,42+,43-,51+/m1/s1. The molecular weight excluding hydrogens is 986 g/mol. The van der Waals surface area contributed by atoms with Gasteiger partial charge in [0.15, 0.2) is 6.04 Å². The number of nitrogens with one attached hydrogen (secondary N) is 6. The van der Waals surface area contributed by atoms with Crippen LogP contribution in [0.4, 0.5) is 0 Å². The van der Waals surface area contributed by atoms with Crippen LogP contribution in [0.25, 0.3) is 0 Å². The van der Waals surface area contributed by atoms with Crippen molar-refractivity contribution in [2.45, 2.75) is 134 Å². The van der Waals surface area contributed by atoms with E-state index in [0.717, 1.165) is 24.0 Å². The number of ether oxygens (including phenoxy) is 3. The van der Waals surface area contributed by atoms with E-state index < -0.39 is 156 Å². The summed E-state index contributed by atoms with van der Waals surface area (Å²) >= 11 is 6.17. The Morgan fingerprint density at radius 2 is 1.46 bits per heavy atom. The SMILES string of the molecule is CC[C@@H](C)[C@H]1NC(=O)[C@@H](NC(=O)[C@H](C)[C@H](O)C(C)C)[C@@H](C)OC(=O)C2COC(=O)CNC(=O)/C=C/[C@](O)(CCl)[C@@H](C)Oc3ccc(cc3)[C@H](NC1=O)C(=O)N(C)[C@@H](Cc1ccccc1)C(=O)N[C@H]([C@@H](C)O)C(=O)N2. The van der Waals surface area contributed by atoms with E-state index in [-0.39, 0.29) is 24.2 Å². The van der Waals surface area contributed by atoms with Crippen molar-refractivity contribution >= 4 is 64.9 Å². The Balaban J connectivity index is 2.03. The highest BCUT2D eigenvalue weighted by molar-refractivity contribution is 6.18. The molecule has 7 amide bonds. The molecule has 0 radical (unpaired) electrons. The lowest BCUT2D eigenvalue weighted by atomic mass is 9.93. The lowest BCUT2D eigenvalue weighted by molar-refractivity contribution is -0.160. The Hall–Kier alpha value is -6.62. The van der Waals surface area contributed by atoms with Gasteiger partial charge in [0.1, 0.15) is 66.9 Å². The normalized spacial score (nSPS) is 28.5. The minimum absolute atomic E-state index is 0.133. The third kappa shape index (κ3) is 15.9. The van der Waals surface area contributed by atoms with Gasteiger partial charge in [-0.25, -0.2) is 4.79 Å². The van der Waals surface area contributed by atoms with E-state index >= 15 is 4.79 Å². The van der Waals surface area contributed by atoms with E-state index in [1.54, 1.807) is 58.0 Å². The minimum atomic E-state index is -1.98. The fraction of sp³-hybridized carbons (Fsp3) is 0.549. The Kier molecular flexibility index (Phi) is 21.9. The van der Waals surface area contributed by atoms with E-state index in [4.69, 9.17) is 25.8 Å². The molecule has 22 nitrogen and oxygen atoms in total. The van der Waals surface area contributed by atoms with Gasteiger partial charge < -0.3 is 66.3 Å². The van der Waals surface area contributed by atoms with E-state index in [2.05, 4.69) is 31.9 Å². The number of hydrogen-bond acceptors (Lipinski definition) is 15. The third-order valence-electron chi connectivity index (χ3n) is 13.1. The van der Waals surface area contributed by atoms with Crippen LogP contribution in [0, 0.1) is 17.8 Å². The van der Waals surface area contributed by atoms with Crippen LogP contribution in [0.2, 0.25) is 0 Å². The molecule has 1 saturated heterocycles. The number of carbonyl (C=O) groups excluding carboxylic acids is 9. The predicted molar refractivity (Wildman–Crippen MR) is 267 cm³/mol. The lowest BCUT2D eigenvalue weighted by Gasteiger charge is -2.34. The zero-order chi connectivity index (χ0) is 55.2. The second-order valence-corrected chi connectivity index (χ2v) is 19.4. The lowest BCUT2D eigenvalue weighted by Crippen LogP contribution is -2.61. The number of benzene rings is 2. The molecule has 0 spiro atoms. The summed E-state index contributed by atoms with van der Waals surface area (Å²) in [6, 6.07) is 4.00. The molecule has 9 N–H and O–H groups in total. The predicted octanol–water partition coefficient (Wildman–Crippen LogP) is -0.156. The largest absolute Gasteiger partial charge is 0.487 e. The molecule has 3 heterocycles. The fourth-order valence-electron chi connectivity index (χ4n) is 7.90. The van der Waals surface area contributed by atoms with E-state index in [1.807, 2.05) is 0 Å². The molecule has 5 rings (SSSR count). The van der Waals surface area contributed by atoms with E-state index in [9.17, 15) is 53.7 Å². The highest BCUT2D eigenvalue weighted by Gasteiger charge is 2.42. The topological polar surface area (TPSA) is 317 Å². The summed E-state index contributed by atoms with van der Waals surface area (Å²) < 4.78 is 17.0. The summed E-state index contributed by atoms with van der Waals surface area (Å²) in [7, 11) is 1.29. The molecule has 3 aliphatic heterocycles. The van der Waals surface area contributed by atoms with Crippen molar-refractivity contribution < 1.29 is 72.7 Å². The van der Waals surface area contributed by atoms with Crippen LogP contribution in [0.5, 0.6) is 5.75 Å². The van der Waals surface area contributed by atoms with Gasteiger partial charge in [0.05, 0.1) is 24.0 Å². The first-order valence-electron chi connectivity index (χ1n) is 24.4. The fourth-order valence-corrected chi connectivity index (χ4v) is 8.20. The van der Waals surface area contributed by atoms with Gasteiger partial charge in [-0.1, -0.05) is 83.5 Å². The first-order chi connectivity index (χ1) is 34.8. The van der Waals surface area contributed by atoms with Crippen LogP contribution in [-0.4, -0.2) is 160 Å². The number of hydrogen-bond donors (Lipinski definition) is 9.